The Kier molecular flexibility index (Phi) is 7.62. The third-order valence-electron chi connectivity index (χ3n) is 5.09. The van der Waals surface area contributed by atoms with Gasteiger partial charge < -0.3 is 15.1 Å². The van der Waals surface area contributed by atoms with Crippen LogP contribution in [0.1, 0.15) is 31.7 Å². The van der Waals surface area contributed by atoms with Gasteiger partial charge in [0.15, 0.2) is 0 Å². The number of aryl methyl sites for hydroxylation is 1. The van der Waals surface area contributed by atoms with Crippen molar-refractivity contribution >= 4 is 39.1 Å². The lowest BCUT2D eigenvalue weighted by Gasteiger charge is -2.23. The lowest BCUT2D eigenvalue weighted by atomic mass is 10.2. The highest BCUT2D eigenvalue weighted by Crippen LogP contribution is 2.29. The third kappa shape index (κ3) is 5.69. The Hall–Kier alpha value is -2.68. The van der Waals surface area contributed by atoms with Crippen molar-refractivity contribution in [3.63, 3.8) is 0 Å². The summed E-state index contributed by atoms with van der Waals surface area (Å²) < 4.78 is 0. The first-order chi connectivity index (χ1) is 14.5. The molecule has 1 aromatic carbocycles. The summed E-state index contributed by atoms with van der Waals surface area (Å²) in [6.07, 6.45) is 2.29. The molecule has 0 bridgehead atoms. The van der Waals surface area contributed by atoms with E-state index in [4.69, 9.17) is 0 Å². The van der Waals surface area contributed by atoms with Crippen molar-refractivity contribution in [3.8, 4) is 0 Å². The summed E-state index contributed by atoms with van der Waals surface area (Å²) in [5.41, 5.74) is 2.46. The van der Waals surface area contributed by atoms with Crippen LogP contribution in [0.4, 0.5) is 16.0 Å². The van der Waals surface area contributed by atoms with Crippen LogP contribution in [-0.4, -0.2) is 61.8 Å². The van der Waals surface area contributed by atoms with E-state index in [1.165, 1.54) is 22.6 Å². The minimum absolute atomic E-state index is 0.0508. The molecule has 1 aliphatic heterocycles. The normalized spacial score (nSPS) is 13.6. The smallest absolute Gasteiger partial charge is 0.239 e. The number of rotatable bonds is 10. The van der Waals surface area contributed by atoms with E-state index in [9.17, 15) is 9.59 Å². The summed E-state index contributed by atoms with van der Waals surface area (Å²) in [5, 5.41) is 12.5. The molecule has 9 heteroatoms. The largest absolute Gasteiger partial charge is 0.372 e. The SMILES string of the molecule is CCN(CCCNC(=O)CN(C)c1nnc(N2CCCC2=O)s1)c1cccc(C)c1. The Morgan fingerprint density at radius 3 is 2.87 bits per heavy atom. The van der Waals surface area contributed by atoms with E-state index >= 15 is 0 Å². The van der Waals surface area contributed by atoms with Gasteiger partial charge in [-0.2, -0.15) is 0 Å². The Balaban J connectivity index is 1.41. The molecule has 0 saturated carbocycles. The highest BCUT2D eigenvalue weighted by molar-refractivity contribution is 7.19. The Morgan fingerprint density at radius 2 is 2.17 bits per heavy atom. The van der Waals surface area contributed by atoms with Gasteiger partial charge in [-0.1, -0.05) is 23.5 Å². The van der Waals surface area contributed by atoms with Crippen molar-refractivity contribution in [2.75, 3.05) is 54.5 Å². The molecule has 30 heavy (non-hydrogen) atoms. The van der Waals surface area contributed by atoms with Gasteiger partial charge in [0.25, 0.3) is 0 Å². The number of carbonyl (C=O) groups is 2. The maximum absolute atomic E-state index is 12.3. The van der Waals surface area contributed by atoms with Crippen LogP contribution in [0.3, 0.4) is 0 Å². The lowest BCUT2D eigenvalue weighted by Crippen LogP contribution is -2.36. The Morgan fingerprint density at radius 1 is 1.33 bits per heavy atom. The summed E-state index contributed by atoms with van der Waals surface area (Å²) >= 11 is 1.34. The molecule has 2 amide bonds. The topological polar surface area (TPSA) is 81.7 Å². The fourth-order valence-electron chi connectivity index (χ4n) is 3.45. The van der Waals surface area contributed by atoms with Crippen LogP contribution in [0, 0.1) is 6.92 Å². The fraction of sp³-hybridized carbons (Fsp3) is 0.524. The molecule has 3 rings (SSSR count). The van der Waals surface area contributed by atoms with Gasteiger partial charge in [-0.05, 0) is 44.4 Å². The highest BCUT2D eigenvalue weighted by Gasteiger charge is 2.25. The molecule has 2 heterocycles. The van der Waals surface area contributed by atoms with Crippen molar-refractivity contribution in [2.45, 2.75) is 33.1 Å². The number of anilines is 3. The van der Waals surface area contributed by atoms with Crippen LogP contribution in [0.2, 0.25) is 0 Å². The van der Waals surface area contributed by atoms with Gasteiger partial charge in [0, 0.05) is 45.3 Å². The monoisotopic (exact) mass is 430 g/mol. The van der Waals surface area contributed by atoms with Crippen LogP contribution in [-0.2, 0) is 9.59 Å². The van der Waals surface area contributed by atoms with Crippen LogP contribution in [0.15, 0.2) is 24.3 Å². The average Bonchev–Trinajstić information content (AvgIpc) is 3.37. The number of aromatic nitrogens is 2. The number of nitrogens with zero attached hydrogens (tertiary/aromatic N) is 5. The second-order valence-corrected chi connectivity index (χ2v) is 8.43. The number of benzene rings is 1. The van der Waals surface area contributed by atoms with Crippen molar-refractivity contribution in [1.82, 2.24) is 15.5 Å². The summed E-state index contributed by atoms with van der Waals surface area (Å²) in [7, 11) is 1.81. The maximum atomic E-state index is 12.3. The van der Waals surface area contributed by atoms with Crippen LogP contribution < -0.4 is 20.0 Å². The zero-order chi connectivity index (χ0) is 21.5. The van der Waals surface area contributed by atoms with Crippen LogP contribution in [0.5, 0.6) is 0 Å². The summed E-state index contributed by atoms with van der Waals surface area (Å²) in [6.45, 7) is 7.57. The molecule has 0 aliphatic carbocycles. The van der Waals surface area contributed by atoms with Gasteiger partial charge in [0.05, 0.1) is 6.54 Å². The van der Waals surface area contributed by atoms with Gasteiger partial charge >= 0.3 is 0 Å². The standard InChI is InChI=1S/C21H30N6O2S/c1-4-26(17-9-5-8-16(2)14-17)12-7-11-22-18(28)15-25(3)20-23-24-21(30-20)27-13-6-10-19(27)29/h5,8-9,14H,4,6-7,10-13,15H2,1-3H3,(H,22,28). The number of hydrogen-bond donors (Lipinski definition) is 1. The number of nitrogens with one attached hydrogen (secondary N) is 1. The fourth-order valence-corrected chi connectivity index (χ4v) is 4.30. The summed E-state index contributed by atoms with van der Waals surface area (Å²) in [6, 6.07) is 8.47. The minimum Gasteiger partial charge on any atom is -0.372 e. The molecular weight excluding hydrogens is 400 g/mol. The molecular formula is C21H30N6O2S. The Labute approximate surface area is 181 Å². The van der Waals surface area contributed by atoms with Gasteiger partial charge in [0.1, 0.15) is 0 Å². The first-order valence-corrected chi connectivity index (χ1v) is 11.2. The first-order valence-electron chi connectivity index (χ1n) is 10.4. The van der Waals surface area contributed by atoms with E-state index in [1.807, 2.05) is 7.05 Å². The lowest BCUT2D eigenvalue weighted by molar-refractivity contribution is -0.119. The molecule has 1 saturated heterocycles. The number of likely N-dealkylation sites (N-methyl/N-ethyl adjacent to an activating group) is 1. The van der Waals surface area contributed by atoms with Crippen molar-refractivity contribution < 1.29 is 9.59 Å². The van der Waals surface area contributed by atoms with E-state index in [0.717, 1.165) is 25.9 Å². The van der Waals surface area contributed by atoms with Crippen LogP contribution >= 0.6 is 11.3 Å². The van der Waals surface area contributed by atoms with Gasteiger partial charge in [-0.25, -0.2) is 0 Å². The molecule has 2 aromatic rings. The Bertz CT molecular complexity index is 871. The molecule has 8 nitrogen and oxygen atoms in total. The third-order valence-corrected chi connectivity index (χ3v) is 6.15. The first kappa shape index (κ1) is 22.0. The van der Waals surface area contributed by atoms with Gasteiger partial charge in [0.2, 0.25) is 22.1 Å². The van der Waals surface area contributed by atoms with E-state index in [2.05, 4.69) is 58.5 Å². The van der Waals surface area contributed by atoms with E-state index < -0.39 is 0 Å². The van der Waals surface area contributed by atoms with E-state index in [0.29, 0.717) is 29.8 Å². The molecule has 0 spiro atoms. The van der Waals surface area contributed by atoms with Crippen LogP contribution in [0.25, 0.3) is 0 Å². The molecule has 0 unspecified atom stereocenters. The minimum atomic E-state index is -0.0508. The van der Waals surface area contributed by atoms with E-state index in [-0.39, 0.29) is 18.4 Å². The number of carbonyl (C=O) groups excluding carboxylic acids is 2. The molecule has 0 radical (unpaired) electrons. The maximum Gasteiger partial charge on any atom is 0.239 e. The zero-order valence-electron chi connectivity index (χ0n) is 17.9. The van der Waals surface area contributed by atoms with Gasteiger partial charge in [-0.15, -0.1) is 10.2 Å². The van der Waals surface area contributed by atoms with E-state index in [1.54, 1.807) is 9.80 Å². The predicted molar refractivity (Wildman–Crippen MR) is 121 cm³/mol. The van der Waals surface area contributed by atoms with Crippen molar-refractivity contribution in [1.29, 1.82) is 0 Å². The molecule has 1 fully saturated rings. The summed E-state index contributed by atoms with van der Waals surface area (Å²) in [5.74, 6) is 0.0370. The predicted octanol–water partition coefficient (Wildman–Crippen LogP) is 2.44. The average molecular weight is 431 g/mol. The summed E-state index contributed by atoms with van der Waals surface area (Å²) in [4.78, 5) is 29.9. The highest BCUT2D eigenvalue weighted by atomic mass is 32.1. The number of hydrogen-bond acceptors (Lipinski definition) is 7. The number of amides is 2. The van der Waals surface area contributed by atoms with Gasteiger partial charge in [-0.3, -0.25) is 14.5 Å². The molecule has 1 aliphatic rings. The zero-order valence-corrected chi connectivity index (χ0v) is 18.7. The molecule has 1 aromatic heterocycles. The van der Waals surface area contributed by atoms with Crippen molar-refractivity contribution in [3.05, 3.63) is 29.8 Å². The van der Waals surface area contributed by atoms with Crippen molar-refractivity contribution in [2.24, 2.45) is 0 Å². The second kappa shape index (κ2) is 10.4. The second-order valence-electron chi connectivity index (χ2n) is 7.49. The molecule has 162 valence electrons. The molecule has 1 N–H and O–H groups in total. The molecule has 0 atom stereocenters. The quantitative estimate of drug-likeness (QED) is 0.583.